The van der Waals surface area contributed by atoms with Gasteiger partial charge >= 0.3 is 0 Å². The number of rotatable bonds is 8. The number of hydrogen-bond acceptors (Lipinski definition) is 4. The largest absolute Gasteiger partial charge is 0.391 e. The zero-order valence-corrected chi connectivity index (χ0v) is 15.2. The molecule has 0 saturated heterocycles. The van der Waals surface area contributed by atoms with Gasteiger partial charge in [-0.1, -0.05) is 33.6 Å². The van der Waals surface area contributed by atoms with Gasteiger partial charge in [0.25, 0.3) is 0 Å². The van der Waals surface area contributed by atoms with E-state index in [0.29, 0.717) is 6.42 Å². The number of thiophene rings is 1. The van der Waals surface area contributed by atoms with Crippen LogP contribution in [0.3, 0.4) is 0 Å². The van der Waals surface area contributed by atoms with E-state index in [1.54, 1.807) is 12.1 Å². The highest BCUT2D eigenvalue weighted by molar-refractivity contribution is 9.11. The van der Waals surface area contributed by atoms with Crippen LogP contribution in [0.1, 0.15) is 40.0 Å². The second-order valence-corrected chi connectivity index (χ2v) is 9.35. The fourth-order valence-corrected chi connectivity index (χ4v) is 5.39. The lowest BCUT2D eigenvalue weighted by Crippen LogP contribution is -2.47. The van der Waals surface area contributed by atoms with E-state index in [1.165, 1.54) is 11.3 Å². The van der Waals surface area contributed by atoms with Crippen molar-refractivity contribution in [1.82, 2.24) is 4.72 Å². The van der Waals surface area contributed by atoms with Gasteiger partial charge in [-0.05, 0) is 40.4 Å². The number of sulfonamides is 1. The van der Waals surface area contributed by atoms with Crippen molar-refractivity contribution in [3.63, 3.8) is 0 Å². The first-order valence-electron chi connectivity index (χ1n) is 6.77. The van der Waals surface area contributed by atoms with E-state index in [9.17, 15) is 13.5 Å². The van der Waals surface area contributed by atoms with Gasteiger partial charge in [-0.25, -0.2) is 13.1 Å². The molecule has 0 fully saturated rings. The summed E-state index contributed by atoms with van der Waals surface area (Å²) in [6, 6.07) is 2.82. The maximum absolute atomic E-state index is 12.4. The molecule has 0 saturated carbocycles. The summed E-state index contributed by atoms with van der Waals surface area (Å²) in [7, 11) is -3.58. The Labute approximate surface area is 133 Å². The second kappa shape index (κ2) is 7.89. The van der Waals surface area contributed by atoms with Crippen LogP contribution in [0.4, 0.5) is 0 Å². The summed E-state index contributed by atoms with van der Waals surface area (Å²) in [5.74, 6) is 0.0785. The number of aliphatic hydroxyl groups excluding tert-OH is 1. The monoisotopic (exact) mass is 383 g/mol. The molecule has 0 bridgehead atoms. The molecule has 1 aromatic heterocycles. The highest BCUT2D eigenvalue weighted by atomic mass is 79.9. The zero-order chi connectivity index (χ0) is 15.3. The Kier molecular flexibility index (Phi) is 7.14. The van der Waals surface area contributed by atoms with Crippen LogP contribution in [-0.2, 0) is 10.0 Å². The standard InChI is InChI=1S/C13H22BrNO3S2/c1-4-6-10(16)13(9(3)5-2)15-20(17,18)12-8-7-11(14)19-12/h7-10,13,15-16H,4-6H2,1-3H3/t9-,10+,13+/m1/s1. The smallest absolute Gasteiger partial charge is 0.250 e. The number of hydrogen-bond donors (Lipinski definition) is 2. The lowest BCUT2D eigenvalue weighted by atomic mass is 9.93. The molecule has 4 nitrogen and oxygen atoms in total. The minimum Gasteiger partial charge on any atom is -0.391 e. The molecule has 0 radical (unpaired) electrons. The van der Waals surface area contributed by atoms with Gasteiger partial charge in [-0.15, -0.1) is 11.3 Å². The first-order chi connectivity index (χ1) is 9.31. The third kappa shape index (κ3) is 4.80. The number of halogens is 1. The van der Waals surface area contributed by atoms with Gasteiger partial charge in [-0.3, -0.25) is 0 Å². The van der Waals surface area contributed by atoms with Crippen molar-refractivity contribution < 1.29 is 13.5 Å². The topological polar surface area (TPSA) is 66.4 Å². The van der Waals surface area contributed by atoms with Gasteiger partial charge in [-0.2, -0.15) is 0 Å². The summed E-state index contributed by atoms with van der Waals surface area (Å²) in [6.45, 7) is 5.92. The van der Waals surface area contributed by atoms with Gasteiger partial charge in [0.15, 0.2) is 0 Å². The molecule has 0 aromatic carbocycles. The van der Waals surface area contributed by atoms with Crippen molar-refractivity contribution in [3.8, 4) is 0 Å². The molecule has 0 spiro atoms. The molecule has 2 N–H and O–H groups in total. The van der Waals surface area contributed by atoms with Crippen LogP contribution in [0, 0.1) is 5.92 Å². The van der Waals surface area contributed by atoms with E-state index < -0.39 is 22.2 Å². The second-order valence-electron chi connectivity index (χ2n) is 4.95. The van der Waals surface area contributed by atoms with E-state index in [4.69, 9.17) is 0 Å². The molecule has 0 aliphatic rings. The van der Waals surface area contributed by atoms with Gasteiger partial charge < -0.3 is 5.11 Å². The number of aliphatic hydroxyl groups is 1. The van der Waals surface area contributed by atoms with Crippen LogP contribution < -0.4 is 4.72 Å². The van der Waals surface area contributed by atoms with Crippen molar-refractivity contribution in [2.75, 3.05) is 0 Å². The van der Waals surface area contributed by atoms with Gasteiger partial charge in [0, 0.05) is 0 Å². The SMILES string of the molecule is CCC[C@H](O)[C@@H](NS(=O)(=O)c1ccc(Br)s1)[C@H](C)CC. The fourth-order valence-electron chi connectivity index (χ4n) is 1.98. The van der Waals surface area contributed by atoms with Crippen LogP contribution in [0.2, 0.25) is 0 Å². The first-order valence-corrected chi connectivity index (χ1v) is 9.86. The molecule has 0 unspecified atom stereocenters. The maximum Gasteiger partial charge on any atom is 0.250 e. The Bertz CT molecular complexity index is 515. The predicted molar refractivity (Wildman–Crippen MR) is 86.5 cm³/mol. The van der Waals surface area contributed by atoms with Crippen molar-refractivity contribution in [3.05, 3.63) is 15.9 Å². The van der Waals surface area contributed by atoms with Crippen molar-refractivity contribution in [1.29, 1.82) is 0 Å². The molecular formula is C13H22BrNO3S2. The Morgan fingerprint density at radius 1 is 1.40 bits per heavy atom. The van der Waals surface area contributed by atoms with Gasteiger partial charge in [0.05, 0.1) is 15.9 Å². The fraction of sp³-hybridized carbons (Fsp3) is 0.692. The maximum atomic E-state index is 12.4. The molecule has 116 valence electrons. The summed E-state index contributed by atoms with van der Waals surface area (Å²) in [5.41, 5.74) is 0. The van der Waals surface area contributed by atoms with Gasteiger partial charge in [0.2, 0.25) is 10.0 Å². The molecule has 0 aliphatic heterocycles. The lowest BCUT2D eigenvalue weighted by Gasteiger charge is -2.28. The zero-order valence-electron chi connectivity index (χ0n) is 12.0. The molecule has 20 heavy (non-hydrogen) atoms. The average Bonchev–Trinajstić information content (AvgIpc) is 2.83. The van der Waals surface area contributed by atoms with Crippen LogP contribution >= 0.6 is 27.3 Å². The summed E-state index contributed by atoms with van der Waals surface area (Å²) in [6.07, 6.45) is 1.56. The van der Waals surface area contributed by atoms with Crippen molar-refractivity contribution in [2.24, 2.45) is 5.92 Å². The van der Waals surface area contributed by atoms with Crippen LogP contribution in [0.15, 0.2) is 20.1 Å². The molecule has 7 heteroatoms. The Morgan fingerprint density at radius 2 is 2.05 bits per heavy atom. The van der Waals surface area contributed by atoms with E-state index in [-0.39, 0.29) is 10.1 Å². The molecular weight excluding hydrogens is 362 g/mol. The van der Waals surface area contributed by atoms with Crippen LogP contribution in [-0.4, -0.2) is 25.7 Å². The van der Waals surface area contributed by atoms with Crippen molar-refractivity contribution >= 4 is 37.3 Å². The number of nitrogens with one attached hydrogen (secondary N) is 1. The van der Waals surface area contributed by atoms with E-state index in [0.717, 1.165) is 16.6 Å². The molecule has 1 aromatic rings. The molecule has 3 atom stereocenters. The minimum absolute atomic E-state index is 0.0785. The van der Waals surface area contributed by atoms with E-state index in [2.05, 4.69) is 20.7 Å². The Morgan fingerprint density at radius 3 is 2.50 bits per heavy atom. The quantitative estimate of drug-likeness (QED) is 0.722. The third-order valence-corrected chi connectivity index (χ3v) is 6.94. The molecule has 0 aliphatic carbocycles. The van der Waals surface area contributed by atoms with Crippen LogP contribution in [0.5, 0.6) is 0 Å². The summed E-state index contributed by atoms with van der Waals surface area (Å²) in [4.78, 5) is 0. The minimum atomic E-state index is -3.58. The highest BCUT2D eigenvalue weighted by Gasteiger charge is 2.29. The average molecular weight is 384 g/mol. The van der Waals surface area contributed by atoms with Crippen molar-refractivity contribution in [2.45, 2.75) is 56.4 Å². The summed E-state index contributed by atoms with van der Waals surface area (Å²) in [5, 5.41) is 10.2. The molecule has 0 amide bonds. The Balaban J connectivity index is 2.94. The normalized spacial score (nSPS) is 16.9. The summed E-state index contributed by atoms with van der Waals surface area (Å²) < 4.78 is 28.4. The third-order valence-electron chi connectivity index (χ3n) is 3.36. The van der Waals surface area contributed by atoms with E-state index >= 15 is 0 Å². The molecule has 1 rings (SSSR count). The predicted octanol–water partition coefficient (Wildman–Crippen LogP) is 3.36. The van der Waals surface area contributed by atoms with E-state index in [1.807, 2.05) is 20.8 Å². The molecule has 1 heterocycles. The first kappa shape index (κ1) is 18.1. The highest BCUT2D eigenvalue weighted by Crippen LogP contribution is 2.27. The lowest BCUT2D eigenvalue weighted by molar-refractivity contribution is 0.102. The Hall–Kier alpha value is 0.0500. The van der Waals surface area contributed by atoms with Crippen LogP contribution in [0.25, 0.3) is 0 Å². The van der Waals surface area contributed by atoms with Gasteiger partial charge in [0.1, 0.15) is 4.21 Å². The summed E-state index contributed by atoms with van der Waals surface area (Å²) >= 11 is 4.43.